The average molecular weight is 747 g/mol. The summed E-state index contributed by atoms with van der Waals surface area (Å²) in [5.41, 5.74) is 4.20. The van der Waals surface area contributed by atoms with E-state index in [1.165, 1.54) is 12.8 Å². The van der Waals surface area contributed by atoms with E-state index in [4.69, 9.17) is 16.3 Å². The molecule has 0 radical (unpaired) electrons. The molecule has 0 saturated heterocycles. The van der Waals surface area contributed by atoms with E-state index >= 15 is 0 Å². The van der Waals surface area contributed by atoms with Crippen LogP contribution in [0.25, 0.3) is 5.69 Å². The summed E-state index contributed by atoms with van der Waals surface area (Å²) in [6.07, 6.45) is 10.5. The van der Waals surface area contributed by atoms with Gasteiger partial charge >= 0.3 is 11.9 Å². The SMILES string of the molecule is CC(C)C1=C2[C@H]3CCC4[C@@]5(C)CC[C@H](OC(=O)CC(C)(C)C(=O)O)C(C)(C)C5CC[C@@]4(C)[C@]3(C)CC[C@@]2(c2cc(=O)n(-c3ccc(Cl)cc3)n2C)CC1. The van der Waals surface area contributed by atoms with Crippen molar-refractivity contribution in [2.75, 3.05) is 0 Å². The van der Waals surface area contributed by atoms with E-state index in [9.17, 15) is 19.5 Å². The van der Waals surface area contributed by atoms with Crippen molar-refractivity contribution >= 4 is 23.5 Å². The van der Waals surface area contributed by atoms with Crippen molar-refractivity contribution in [1.82, 2.24) is 9.36 Å². The van der Waals surface area contributed by atoms with Crippen LogP contribution in [0.5, 0.6) is 0 Å². The van der Waals surface area contributed by atoms with Gasteiger partial charge in [-0.2, -0.15) is 0 Å². The fourth-order valence-electron chi connectivity index (χ4n) is 13.7. The van der Waals surface area contributed by atoms with Gasteiger partial charge in [0.2, 0.25) is 0 Å². The standard InChI is InChI=1S/C45H63ClN2O5/c1-27(2)30-17-22-45(34-25-36(49)48(47(34)10)29-13-11-28(46)12-14-29)24-23-43(8)31(38(30)45)15-16-33-42(7)20-19-35(53-37(50)26-40(3,4)39(51)52)41(5,6)32(42)18-21-44(33,43)9/h11-14,25,27,31-33,35H,15-24,26H2,1-10H3,(H,51,52)/t31-,32?,33?,35+,42+,43-,44-,45-/m1/s1. The van der Waals surface area contributed by atoms with Gasteiger partial charge in [-0.3, -0.25) is 19.1 Å². The van der Waals surface area contributed by atoms with Gasteiger partial charge in [-0.05, 0) is 142 Å². The minimum absolute atomic E-state index is 0.0151. The minimum atomic E-state index is -1.15. The lowest BCUT2D eigenvalue weighted by molar-refractivity contribution is -0.232. The molecule has 1 aromatic heterocycles. The number of carbonyl (C=O) groups is 2. The molecule has 0 aliphatic heterocycles. The third kappa shape index (κ3) is 5.50. The molecule has 1 heterocycles. The highest BCUT2D eigenvalue weighted by atomic mass is 35.5. The molecule has 1 aromatic carbocycles. The Labute approximate surface area is 321 Å². The van der Waals surface area contributed by atoms with Crippen LogP contribution < -0.4 is 5.56 Å². The maximum Gasteiger partial charge on any atom is 0.309 e. The average Bonchev–Trinajstić information content (AvgIpc) is 3.60. The van der Waals surface area contributed by atoms with Crippen LogP contribution in [-0.2, 0) is 26.8 Å². The zero-order valence-corrected chi connectivity index (χ0v) is 34.7. The topological polar surface area (TPSA) is 90.5 Å². The predicted octanol–water partition coefficient (Wildman–Crippen LogP) is 10.3. The lowest BCUT2D eigenvalue weighted by atomic mass is 9.33. The number of halogens is 1. The molecule has 4 saturated carbocycles. The van der Waals surface area contributed by atoms with E-state index in [1.54, 1.807) is 25.0 Å². The van der Waals surface area contributed by atoms with Crippen molar-refractivity contribution in [3.05, 3.63) is 62.5 Å². The Morgan fingerprint density at radius 2 is 1.60 bits per heavy atom. The Hall–Kier alpha value is -2.80. The summed E-state index contributed by atoms with van der Waals surface area (Å²) in [4.78, 5) is 38.7. The highest BCUT2D eigenvalue weighted by molar-refractivity contribution is 6.30. The molecule has 5 aliphatic rings. The van der Waals surface area contributed by atoms with Crippen molar-refractivity contribution in [1.29, 1.82) is 0 Å². The molecule has 7 rings (SSSR count). The lowest BCUT2D eigenvalue weighted by Crippen LogP contribution is -2.66. The molecule has 0 spiro atoms. The van der Waals surface area contributed by atoms with Crippen molar-refractivity contribution in [2.45, 2.75) is 144 Å². The molecule has 1 N–H and O–H groups in total. The molecule has 5 aliphatic carbocycles. The van der Waals surface area contributed by atoms with Crippen molar-refractivity contribution in [3.63, 3.8) is 0 Å². The Morgan fingerprint density at radius 3 is 2.25 bits per heavy atom. The summed E-state index contributed by atoms with van der Waals surface area (Å²) >= 11 is 6.24. The fraction of sp³-hybridized carbons (Fsp3) is 0.711. The third-order valence-corrected chi connectivity index (χ3v) is 17.0. The zero-order chi connectivity index (χ0) is 38.7. The lowest BCUT2D eigenvalue weighted by Gasteiger charge is -2.72. The number of carboxylic acid groups (broad SMARTS) is 1. The molecule has 290 valence electrons. The van der Waals surface area contributed by atoms with Crippen molar-refractivity contribution in [2.24, 2.45) is 57.8 Å². The van der Waals surface area contributed by atoms with E-state index in [1.807, 2.05) is 35.0 Å². The number of carbonyl (C=O) groups excluding carboxylic acids is 1. The van der Waals surface area contributed by atoms with Crippen LogP contribution in [0.15, 0.2) is 46.3 Å². The highest BCUT2D eigenvalue weighted by Crippen LogP contribution is 2.77. The molecule has 2 unspecified atom stereocenters. The first-order chi connectivity index (χ1) is 24.6. The van der Waals surface area contributed by atoms with E-state index in [0.29, 0.717) is 28.7 Å². The molecule has 7 nitrogen and oxygen atoms in total. The molecule has 8 heteroatoms. The summed E-state index contributed by atoms with van der Waals surface area (Å²) < 4.78 is 10.2. The van der Waals surface area contributed by atoms with Gasteiger partial charge in [0.15, 0.2) is 0 Å². The number of hydrogen-bond acceptors (Lipinski definition) is 4. The number of carboxylic acids is 1. The van der Waals surface area contributed by atoms with E-state index in [-0.39, 0.29) is 45.2 Å². The summed E-state index contributed by atoms with van der Waals surface area (Å²) in [6, 6.07) is 9.53. The van der Waals surface area contributed by atoms with Gasteiger partial charge in [-0.1, -0.05) is 71.2 Å². The molecular weight excluding hydrogens is 684 g/mol. The second-order valence-electron chi connectivity index (χ2n) is 20.2. The van der Waals surface area contributed by atoms with Crippen LogP contribution >= 0.6 is 11.6 Å². The first kappa shape index (κ1) is 38.5. The minimum Gasteiger partial charge on any atom is -0.481 e. The van der Waals surface area contributed by atoms with E-state index in [2.05, 4.69) is 60.2 Å². The van der Waals surface area contributed by atoms with Crippen LogP contribution in [0, 0.1) is 50.7 Å². The Bertz CT molecular complexity index is 1900. The van der Waals surface area contributed by atoms with Gasteiger partial charge in [0.25, 0.3) is 5.56 Å². The van der Waals surface area contributed by atoms with Crippen LogP contribution in [0.2, 0.25) is 5.02 Å². The van der Waals surface area contributed by atoms with Gasteiger partial charge in [-0.25, -0.2) is 4.68 Å². The summed E-state index contributed by atoms with van der Waals surface area (Å²) in [5, 5.41) is 10.3. The molecule has 0 bridgehead atoms. The number of fused-ring (bicyclic) bond motifs is 7. The second-order valence-corrected chi connectivity index (χ2v) is 20.6. The van der Waals surface area contributed by atoms with Crippen molar-refractivity contribution < 1.29 is 19.4 Å². The number of nitrogens with zero attached hydrogens (tertiary/aromatic N) is 2. The zero-order valence-electron chi connectivity index (χ0n) is 33.9. The maximum atomic E-state index is 13.8. The predicted molar refractivity (Wildman–Crippen MR) is 210 cm³/mol. The number of aliphatic carboxylic acids is 1. The molecular formula is C45H63ClN2O5. The smallest absolute Gasteiger partial charge is 0.309 e. The molecule has 4 fully saturated rings. The second kappa shape index (κ2) is 12.6. The fourth-order valence-corrected chi connectivity index (χ4v) is 13.9. The van der Waals surface area contributed by atoms with Gasteiger partial charge in [0.1, 0.15) is 6.10 Å². The van der Waals surface area contributed by atoms with Gasteiger partial charge in [-0.15, -0.1) is 0 Å². The molecule has 2 aromatic rings. The number of allylic oxidation sites excluding steroid dienone is 2. The van der Waals surface area contributed by atoms with Crippen LogP contribution in [0.4, 0.5) is 0 Å². The van der Waals surface area contributed by atoms with Gasteiger partial charge in [0, 0.05) is 29.0 Å². The summed E-state index contributed by atoms with van der Waals surface area (Å²) in [7, 11) is 2.07. The highest BCUT2D eigenvalue weighted by Gasteiger charge is 2.70. The number of rotatable bonds is 7. The Morgan fingerprint density at radius 1 is 0.925 bits per heavy atom. The van der Waals surface area contributed by atoms with Crippen molar-refractivity contribution in [3.8, 4) is 5.69 Å². The quantitative estimate of drug-likeness (QED) is 0.225. The van der Waals surface area contributed by atoms with Gasteiger partial charge in [0.05, 0.1) is 23.2 Å². The van der Waals surface area contributed by atoms with E-state index in [0.717, 1.165) is 62.7 Å². The number of hydrogen-bond donors (Lipinski definition) is 1. The molecule has 53 heavy (non-hydrogen) atoms. The third-order valence-electron chi connectivity index (χ3n) is 16.7. The molecule has 0 amide bonds. The maximum absolute atomic E-state index is 13.8. The number of ether oxygens (including phenoxy) is 1. The Kier molecular flexibility index (Phi) is 9.16. The number of esters is 1. The normalized spacial score (nSPS) is 36.4. The number of aromatic nitrogens is 2. The van der Waals surface area contributed by atoms with Crippen LogP contribution in [0.3, 0.4) is 0 Å². The van der Waals surface area contributed by atoms with E-state index < -0.39 is 17.4 Å². The van der Waals surface area contributed by atoms with Crippen LogP contribution in [-0.4, -0.2) is 32.5 Å². The summed E-state index contributed by atoms with van der Waals surface area (Å²) in [5.74, 6) is 0.524. The monoisotopic (exact) mass is 746 g/mol. The summed E-state index contributed by atoms with van der Waals surface area (Å²) in [6.45, 7) is 20.4. The first-order valence-corrected chi connectivity index (χ1v) is 20.7. The van der Waals surface area contributed by atoms with Gasteiger partial charge < -0.3 is 9.84 Å². The van der Waals surface area contributed by atoms with Crippen LogP contribution in [0.1, 0.15) is 139 Å². The first-order valence-electron chi connectivity index (χ1n) is 20.4. The number of benzene rings is 1. The molecule has 8 atom stereocenters. The largest absolute Gasteiger partial charge is 0.481 e. The Balaban J connectivity index is 1.22.